The van der Waals surface area contributed by atoms with Gasteiger partial charge in [-0.1, -0.05) is 89.1 Å². The molecule has 0 heteroatoms. The third-order valence-electron chi connectivity index (χ3n) is 5.27. The van der Waals surface area contributed by atoms with Crippen LogP contribution < -0.4 is 0 Å². The number of terminal acetylenes is 1. The predicted molar refractivity (Wildman–Crippen MR) is 120 cm³/mol. The van der Waals surface area contributed by atoms with Gasteiger partial charge in [0.1, 0.15) is 0 Å². The number of allylic oxidation sites excluding steroid dienone is 7. The molecular weight excluding hydrogens is 312 g/mol. The molecule has 0 aliphatic rings. The highest BCUT2D eigenvalue weighted by Crippen LogP contribution is 2.31. The van der Waals surface area contributed by atoms with Crippen molar-refractivity contribution in [2.75, 3.05) is 0 Å². The van der Waals surface area contributed by atoms with Crippen LogP contribution in [-0.2, 0) is 0 Å². The zero-order chi connectivity index (χ0) is 19.8. The summed E-state index contributed by atoms with van der Waals surface area (Å²) in [5, 5.41) is 0. The van der Waals surface area contributed by atoms with Crippen LogP contribution in [0.1, 0.15) is 86.0 Å². The van der Waals surface area contributed by atoms with E-state index in [9.17, 15) is 0 Å². The van der Waals surface area contributed by atoms with Crippen LogP contribution >= 0.6 is 0 Å². The van der Waals surface area contributed by atoms with Gasteiger partial charge in [-0.3, -0.25) is 0 Å². The van der Waals surface area contributed by atoms with Crippen molar-refractivity contribution < 1.29 is 0 Å². The molecule has 146 valence electrons. The number of hydrogen-bond acceptors (Lipinski definition) is 0. The highest BCUT2D eigenvalue weighted by Gasteiger charge is 2.17. The molecule has 0 heterocycles. The van der Waals surface area contributed by atoms with Gasteiger partial charge in [0.2, 0.25) is 0 Å². The fourth-order valence-electron chi connectivity index (χ4n) is 3.12. The van der Waals surface area contributed by atoms with Gasteiger partial charge in [0.25, 0.3) is 0 Å². The maximum atomic E-state index is 5.77. The molecule has 0 N–H and O–H groups in total. The molecule has 0 aliphatic heterocycles. The van der Waals surface area contributed by atoms with Gasteiger partial charge >= 0.3 is 0 Å². The van der Waals surface area contributed by atoms with Crippen LogP contribution in [-0.4, -0.2) is 0 Å². The molecule has 26 heavy (non-hydrogen) atoms. The Labute approximate surface area is 164 Å². The first-order valence-electron chi connectivity index (χ1n) is 10.5. The monoisotopic (exact) mass is 354 g/mol. The Kier molecular flexibility index (Phi) is 13.8. The van der Waals surface area contributed by atoms with Crippen LogP contribution in [0.2, 0.25) is 0 Å². The first-order valence-corrected chi connectivity index (χ1v) is 10.5. The fourth-order valence-corrected chi connectivity index (χ4v) is 3.12. The Hall–Kier alpha value is -1.48. The van der Waals surface area contributed by atoms with E-state index < -0.39 is 0 Å². The summed E-state index contributed by atoms with van der Waals surface area (Å²) in [6.45, 7) is 15.2. The van der Waals surface area contributed by atoms with Crippen LogP contribution in [0.4, 0.5) is 0 Å². The maximum Gasteiger partial charge on any atom is 0.0240 e. The van der Waals surface area contributed by atoms with Gasteiger partial charge in [-0.15, -0.1) is 12.3 Å². The second-order valence-electron chi connectivity index (χ2n) is 8.29. The topological polar surface area (TPSA) is 0 Å². The van der Waals surface area contributed by atoms with Crippen molar-refractivity contribution in [3.8, 4) is 12.3 Å². The molecule has 0 saturated heterocycles. The fraction of sp³-hybridized carbons (Fsp3) is 0.615. The predicted octanol–water partition coefficient (Wildman–Crippen LogP) is 8.28. The summed E-state index contributed by atoms with van der Waals surface area (Å²) in [7, 11) is 0. The van der Waals surface area contributed by atoms with Crippen molar-refractivity contribution in [1.82, 2.24) is 0 Å². The molecule has 0 radical (unpaired) electrons. The summed E-state index contributed by atoms with van der Waals surface area (Å²) in [6.07, 6.45) is 28.2. The molecule has 0 rings (SSSR count). The van der Waals surface area contributed by atoms with E-state index >= 15 is 0 Å². The van der Waals surface area contributed by atoms with Gasteiger partial charge in [0.05, 0.1) is 0 Å². The largest absolute Gasteiger partial charge is 0.120 e. The highest BCUT2D eigenvalue weighted by molar-refractivity contribution is 5.22. The third-order valence-corrected chi connectivity index (χ3v) is 5.27. The highest BCUT2D eigenvalue weighted by atomic mass is 14.2. The number of unbranched alkanes of at least 4 members (excludes halogenated alkanes) is 1. The minimum atomic E-state index is 0.338. The summed E-state index contributed by atoms with van der Waals surface area (Å²) in [5.41, 5.74) is 1.72. The summed E-state index contributed by atoms with van der Waals surface area (Å²) in [5.74, 6) is 4.05. The molecule has 0 amide bonds. The Morgan fingerprint density at radius 1 is 1.23 bits per heavy atom. The lowest BCUT2D eigenvalue weighted by Crippen LogP contribution is -2.12. The van der Waals surface area contributed by atoms with E-state index in [0.29, 0.717) is 17.3 Å². The van der Waals surface area contributed by atoms with Crippen molar-refractivity contribution in [1.29, 1.82) is 0 Å². The molecule has 2 unspecified atom stereocenters. The van der Waals surface area contributed by atoms with Crippen molar-refractivity contribution in [3.05, 3.63) is 48.6 Å². The van der Waals surface area contributed by atoms with Crippen LogP contribution in [0.25, 0.3) is 0 Å². The van der Waals surface area contributed by atoms with Crippen molar-refractivity contribution >= 4 is 0 Å². The van der Waals surface area contributed by atoms with Crippen LogP contribution in [0.5, 0.6) is 0 Å². The van der Waals surface area contributed by atoms with E-state index in [1.54, 1.807) is 0 Å². The minimum Gasteiger partial charge on any atom is -0.120 e. The molecule has 0 nitrogen and oxygen atoms in total. The summed E-state index contributed by atoms with van der Waals surface area (Å²) >= 11 is 0. The summed E-state index contributed by atoms with van der Waals surface area (Å²) in [6, 6.07) is 0. The minimum absolute atomic E-state index is 0.338. The SMILES string of the molecule is C#CC(CCCC(C)(C)CCCC=CC(C)CC)CC(C=CC=C)=CC. The normalized spacial score (nSPS) is 15.3. The lowest BCUT2D eigenvalue weighted by Gasteiger charge is -2.25. The Balaban J connectivity index is 4.20. The van der Waals surface area contributed by atoms with Gasteiger partial charge in [-0.25, -0.2) is 0 Å². The van der Waals surface area contributed by atoms with Gasteiger partial charge < -0.3 is 0 Å². The Bertz CT molecular complexity index is 493. The lowest BCUT2D eigenvalue weighted by molar-refractivity contribution is 0.284. The summed E-state index contributed by atoms with van der Waals surface area (Å²) in [4.78, 5) is 0. The van der Waals surface area contributed by atoms with Crippen LogP contribution in [0.15, 0.2) is 48.6 Å². The number of hydrogen-bond donors (Lipinski definition) is 0. The second-order valence-corrected chi connectivity index (χ2v) is 8.29. The smallest absolute Gasteiger partial charge is 0.0240 e. The van der Waals surface area contributed by atoms with E-state index in [2.05, 4.69) is 71.4 Å². The van der Waals surface area contributed by atoms with Gasteiger partial charge in [-0.05, 0) is 56.8 Å². The van der Waals surface area contributed by atoms with Crippen LogP contribution in [0.3, 0.4) is 0 Å². The van der Waals surface area contributed by atoms with E-state index in [1.807, 2.05) is 12.2 Å². The first kappa shape index (κ1) is 24.5. The van der Waals surface area contributed by atoms with E-state index in [4.69, 9.17) is 6.42 Å². The zero-order valence-electron chi connectivity index (χ0n) is 18.1. The second kappa shape index (κ2) is 14.7. The Morgan fingerprint density at radius 2 is 1.92 bits per heavy atom. The lowest BCUT2D eigenvalue weighted by atomic mass is 9.81. The van der Waals surface area contributed by atoms with Gasteiger partial charge in [0, 0.05) is 5.92 Å². The maximum absolute atomic E-state index is 5.77. The molecule has 0 fully saturated rings. The standard InChI is InChI=1S/C26H42/c1-8-12-18-24(10-3)22-25(11-4)19-16-21-26(6,7)20-15-13-14-17-23(5)9-2/h4,8,10,12,14,17-18,23,25H,1,9,13,15-16,19-22H2,2-3,5-7H3. The van der Waals surface area contributed by atoms with Crippen LogP contribution in [0, 0.1) is 29.6 Å². The first-order chi connectivity index (χ1) is 12.4. The molecule has 0 aromatic heterocycles. The zero-order valence-corrected chi connectivity index (χ0v) is 18.1. The van der Waals surface area contributed by atoms with E-state index in [0.717, 1.165) is 12.8 Å². The van der Waals surface area contributed by atoms with E-state index in [1.165, 1.54) is 44.1 Å². The van der Waals surface area contributed by atoms with Crippen molar-refractivity contribution in [2.45, 2.75) is 86.0 Å². The molecular formula is C26H42. The number of rotatable bonds is 14. The average molecular weight is 355 g/mol. The van der Waals surface area contributed by atoms with Gasteiger partial charge in [-0.2, -0.15) is 0 Å². The molecule has 0 aromatic rings. The molecule has 0 spiro atoms. The summed E-state index contributed by atoms with van der Waals surface area (Å²) < 4.78 is 0. The molecule has 2 atom stereocenters. The quantitative estimate of drug-likeness (QED) is 0.127. The van der Waals surface area contributed by atoms with Crippen molar-refractivity contribution in [3.63, 3.8) is 0 Å². The molecule has 0 saturated carbocycles. The Morgan fingerprint density at radius 3 is 2.50 bits per heavy atom. The average Bonchev–Trinajstić information content (AvgIpc) is 2.62. The molecule has 0 aromatic carbocycles. The van der Waals surface area contributed by atoms with E-state index in [-0.39, 0.29) is 0 Å². The third kappa shape index (κ3) is 12.8. The van der Waals surface area contributed by atoms with Crippen molar-refractivity contribution in [2.24, 2.45) is 17.3 Å². The molecule has 0 aliphatic carbocycles. The van der Waals surface area contributed by atoms with Gasteiger partial charge in [0.15, 0.2) is 0 Å². The molecule has 0 bridgehead atoms.